The van der Waals surface area contributed by atoms with Crippen molar-refractivity contribution in [2.24, 2.45) is 0 Å². The van der Waals surface area contributed by atoms with Gasteiger partial charge in [-0.25, -0.2) is 8.42 Å². The second-order valence-corrected chi connectivity index (χ2v) is 7.46. The fourth-order valence-corrected chi connectivity index (χ4v) is 4.89. The van der Waals surface area contributed by atoms with Crippen molar-refractivity contribution in [3.8, 4) is 0 Å². The summed E-state index contributed by atoms with van der Waals surface area (Å²) in [5.74, 6) is 0. The van der Waals surface area contributed by atoms with Crippen LogP contribution in [-0.4, -0.2) is 18.5 Å². The molecule has 0 aliphatic heterocycles. The topological polar surface area (TPSA) is 79.3 Å². The maximum atomic E-state index is 12.1. The zero-order chi connectivity index (χ0) is 13.2. The highest BCUT2D eigenvalue weighted by Gasteiger charge is 2.20. The molecule has 0 fully saturated rings. The summed E-state index contributed by atoms with van der Waals surface area (Å²) in [5.41, 5.74) is 0.439. The Morgan fingerprint density at radius 2 is 2.06 bits per heavy atom. The number of halogens is 1. The van der Waals surface area contributed by atoms with E-state index in [0.29, 0.717) is 14.4 Å². The third kappa shape index (κ3) is 2.89. The Morgan fingerprint density at radius 1 is 1.39 bits per heavy atom. The van der Waals surface area contributed by atoms with Gasteiger partial charge < -0.3 is 5.11 Å². The van der Waals surface area contributed by atoms with Crippen molar-refractivity contribution in [3.05, 3.63) is 39.3 Å². The van der Waals surface area contributed by atoms with Gasteiger partial charge in [0, 0.05) is 17.3 Å². The van der Waals surface area contributed by atoms with Gasteiger partial charge >= 0.3 is 0 Å². The molecule has 2 aromatic heterocycles. The molecule has 2 rings (SSSR count). The highest BCUT2D eigenvalue weighted by Crippen LogP contribution is 2.32. The quantitative estimate of drug-likeness (QED) is 0.887. The smallest absolute Gasteiger partial charge is 0.263 e. The standard InChI is InChI=1S/C10H9BrN2O3S2/c11-10-9(5-8(6-14)17-10)18(15,16)13-7-1-3-12-4-2-7/h1-5,14H,6H2,(H,12,13). The van der Waals surface area contributed by atoms with Crippen molar-refractivity contribution in [3.63, 3.8) is 0 Å². The van der Waals surface area contributed by atoms with Gasteiger partial charge in [0.05, 0.1) is 16.1 Å². The predicted octanol–water partition coefficient (Wildman–Crippen LogP) is 2.20. The van der Waals surface area contributed by atoms with Crippen LogP contribution in [0.4, 0.5) is 5.69 Å². The zero-order valence-electron chi connectivity index (χ0n) is 9.00. The van der Waals surface area contributed by atoms with Crippen molar-refractivity contribution < 1.29 is 13.5 Å². The minimum Gasteiger partial charge on any atom is -0.391 e. The summed E-state index contributed by atoms with van der Waals surface area (Å²) in [6.07, 6.45) is 3.00. The average Bonchev–Trinajstić information content (AvgIpc) is 2.72. The summed E-state index contributed by atoms with van der Waals surface area (Å²) in [6.45, 7) is -0.186. The normalized spacial score (nSPS) is 11.4. The first kappa shape index (κ1) is 13.5. The van der Waals surface area contributed by atoms with E-state index in [1.54, 1.807) is 12.1 Å². The lowest BCUT2D eigenvalue weighted by Crippen LogP contribution is -2.12. The number of nitrogens with zero attached hydrogens (tertiary/aromatic N) is 1. The number of nitrogens with one attached hydrogen (secondary N) is 1. The highest BCUT2D eigenvalue weighted by atomic mass is 79.9. The Labute approximate surface area is 117 Å². The molecule has 2 heterocycles. The largest absolute Gasteiger partial charge is 0.391 e. The van der Waals surface area contributed by atoms with E-state index in [-0.39, 0.29) is 11.5 Å². The lowest BCUT2D eigenvalue weighted by atomic mass is 10.4. The first-order valence-electron chi connectivity index (χ1n) is 4.85. The molecule has 0 aromatic carbocycles. The van der Waals surface area contributed by atoms with Gasteiger partial charge in [-0.1, -0.05) is 0 Å². The lowest BCUT2D eigenvalue weighted by molar-refractivity contribution is 0.285. The number of pyridine rings is 1. The van der Waals surface area contributed by atoms with Crippen molar-refractivity contribution in [2.75, 3.05) is 4.72 Å². The molecule has 0 bridgehead atoms. The first-order chi connectivity index (χ1) is 8.53. The summed E-state index contributed by atoms with van der Waals surface area (Å²) in [5, 5.41) is 9.00. The number of hydrogen-bond donors (Lipinski definition) is 2. The molecular weight excluding hydrogens is 340 g/mol. The van der Waals surface area contributed by atoms with Crippen LogP contribution >= 0.6 is 27.3 Å². The van der Waals surface area contributed by atoms with Crippen LogP contribution in [0, 0.1) is 0 Å². The first-order valence-corrected chi connectivity index (χ1v) is 7.94. The molecule has 0 amide bonds. The molecule has 2 N–H and O–H groups in total. The maximum absolute atomic E-state index is 12.1. The van der Waals surface area contributed by atoms with Crippen molar-refractivity contribution in [2.45, 2.75) is 11.5 Å². The van der Waals surface area contributed by atoms with Crippen LogP contribution in [0.1, 0.15) is 4.88 Å². The van der Waals surface area contributed by atoms with Crippen LogP contribution in [-0.2, 0) is 16.6 Å². The highest BCUT2D eigenvalue weighted by molar-refractivity contribution is 9.11. The second kappa shape index (κ2) is 5.35. The monoisotopic (exact) mass is 348 g/mol. The zero-order valence-corrected chi connectivity index (χ0v) is 12.2. The molecule has 96 valence electrons. The lowest BCUT2D eigenvalue weighted by Gasteiger charge is -2.06. The molecule has 0 radical (unpaired) electrons. The van der Waals surface area contributed by atoms with Gasteiger partial charge in [-0.05, 0) is 34.1 Å². The number of thiophene rings is 1. The molecule has 2 aromatic rings. The summed E-state index contributed by atoms with van der Waals surface area (Å²) in [7, 11) is -3.66. The minimum absolute atomic E-state index is 0.119. The molecule has 0 spiro atoms. The van der Waals surface area contributed by atoms with Gasteiger partial charge in [0.2, 0.25) is 0 Å². The van der Waals surface area contributed by atoms with E-state index < -0.39 is 10.0 Å². The van der Waals surface area contributed by atoms with E-state index in [1.807, 2.05) is 0 Å². The van der Waals surface area contributed by atoms with Crippen molar-refractivity contribution in [1.82, 2.24) is 4.98 Å². The fourth-order valence-electron chi connectivity index (χ4n) is 1.29. The van der Waals surface area contributed by atoms with E-state index in [4.69, 9.17) is 5.11 Å². The molecule has 0 unspecified atom stereocenters. The number of hydrogen-bond acceptors (Lipinski definition) is 5. The molecule has 5 nitrogen and oxygen atoms in total. The van der Waals surface area contributed by atoms with E-state index >= 15 is 0 Å². The van der Waals surface area contributed by atoms with E-state index in [2.05, 4.69) is 25.6 Å². The number of anilines is 1. The van der Waals surface area contributed by atoms with Crippen LogP contribution in [0.25, 0.3) is 0 Å². The minimum atomic E-state index is -3.66. The second-order valence-electron chi connectivity index (χ2n) is 3.35. The van der Waals surface area contributed by atoms with Crippen LogP contribution in [0.15, 0.2) is 39.3 Å². The number of rotatable bonds is 4. The summed E-state index contributed by atoms with van der Waals surface area (Å²) in [4.78, 5) is 4.51. The third-order valence-electron chi connectivity index (χ3n) is 2.08. The number of sulfonamides is 1. The SMILES string of the molecule is O=S(=O)(Nc1ccncc1)c1cc(CO)sc1Br. The Bertz CT molecular complexity index is 640. The van der Waals surface area contributed by atoms with Crippen LogP contribution < -0.4 is 4.72 Å². The molecule has 8 heteroatoms. The van der Waals surface area contributed by atoms with Crippen molar-refractivity contribution in [1.29, 1.82) is 0 Å². The summed E-state index contributed by atoms with van der Waals surface area (Å²) in [6, 6.07) is 4.56. The van der Waals surface area contributed by atoms with E-state index in [9.17, 15) is 8.42 Å². The van der Waals surface area contributed by atoms with E-state index in [0.717, 1.165) is 0 Å². The molecule has 0 aliphatic carbocycles. The Morgan fingerprint density at radius 3 is 2.61 bits per heavy atom. The van der Waals surface area contributed by atoms with Gasteiger partial charge in [0.15, 0.2) is 0 Å². The van der Waals surface area contributed by atoms with Gasteiger partial charge in [-0.2, -0.15) is 0 Å². The third-order valence-corrected chi connectivity index (χ3v) is 5.70. The summed E-state index contributed by atoms with van der Waals surface area (Å²) >= 11 is 4.37. The van der Waals surface area contributed by atoms with Crippen molar-refractivity contribution >= 4 is 43.0 Å². The van der Waals surface area contributed by atoms with Crippen LogP contribution in [0.3, 0.4) is 0 Å². The average molecular weight is 349 g/mol. The molecular formula is C10H9BrN2O3S2. The van der Waals surface area contributed by atoms with Gasteiger partial charge in [0.1, 0.15) is 4.90 Å². The number of aromatic nitrogens is 1. The molecule has 0 saturated heterocycles. The Balaban J connectivity index is 2.34. The number of aliphatic hydroxyl groups excluding tert-OH is 1. The summed E-state index contributed by atoms with van der Waals surface area (Å²) < 4.78 is 27.1. The van der Waals surface area contributed by atoms with Gasteiger partial charge in [-0.15, -0.1) is 11.3 Å². The number of aliphatic hydroxyl groups is 1. The predicted molar refractivity (Wildman–Crippen MR) is 73.0 cm³/mol. The molecule has 0 atom stereocenters. The Hall–Kier alpha value is -0.960. The maximum Gasteiger partial charge on any atom is 0.263 e. The molecule has 0 saturated carbocycles. The molecule has 18 heavy (non-hydrogen) atoms. The van der Waals surface area contributed by atoms with Crippen LogP contribution in [0.2, 0.25) is 0 Å². The fraction of sp³-hybridized carbons (Fsp3) is 0.100. The van der Waals surface area contributed by atoms with Gasteiger partial charge in [-0.3, -0.25) is 9.71 Å². The van der Waals surface area contributed by atoms with Gasteiger partial charge in [0.25, 0.3) is 10.0 Å². The van der Waals surface area contributed by atoms with Crippen LogP contribution in [0.5, 0.6) is 0 Å². The Kier molecular flexibility index (Phi) is 4.00. The molecule has 0 aliphatic rings. The van der Waals surface area contributed by atoms with E-state index in [1.165, 1.54) is 29.8 Å².